The van der Waals surface area contributed by atoms with Gasteiger partial charge >= 0.3 is 12.0 Å². The van der Waals surface area contributed by atoms with Crippen LogP contribution in [0, 0.1) is 0 Å². The highest BCUT2D eigenvalue weighted by molar-refractivity contribution is 5.81. The highest BCUT2D eigenvalue weighted by Crippen LogP contribution is 2.18. The van der Waals surface area contributed by atoms with Gasteiger partial charge in [0.2, 0.25) is 0 Å². The maximum atomic E-state index is 11.7. The van der Waals surface area contributed by atoms with Crippen LogP contribution in [-0.2, 0) is 9.53 Å². The number of ether oxygens (including phenoxy) is 1. The zero-order chi connectivity index (χ0) is 12.0. The van der Waals surface area contributed by atoms with Gasteiger partial charge in [-0.3, -0.25) is 4.79 Å². The molecule has 0 unspecified atom stereocenters. The number of carbonyl (C=O) groups is 2. The Morgan fingerprint density at radius 3 is 2.50 bits per heavy atom. The van der Waals surface area contributed by atoms with Gasteiger partial charge in [0.25, 0.3) is 0 Å². The van der Waals surface area contributed by atoms with Crippen molar-refractivity contribution in [1.82, 2.24) is 10.2 Å². The van der Waals surface area contributed by atoms with E-state index < -0.39 is 0 Å². The van der Waals surface area contributed by atoms with Gasteiger partial charge < -0.3 is 15.0 Å². The standard InChI is InChI=1S/C11H20N2O3/c1-3-13(8-10(14)16-4-2)11(15)12-9-6-5-7-9/h9H,3-8H2,1-2H3,(H,12,15). The van der Waals surface area contributed by atoms with Crippen molar-refractivity contribution < 1.29 is 14.3 Å². The summed E-state index contributed by atoms with van der Waals surface area (Å²) in [6.07, 6.45) is 3.26. The van der Waals surface area contributed by atoms with Crippen molar-refractivity contribution in [1.29, 1.82) is 0 Å². The molecular weight excluding hydrogens is 208 g/mol. The van der Waals surface area contributed by atoms with Crippen LogP contribution in [-0.4, -0.2) is 42.6 Å². The molecule has 5 heteroatoms. The summed E-state index contributed by atoms with van der Waals surface area (Å²) >= 11 is 0. The van der Waals surface area contributed by atoms with Gasteiger partial charge in [0.1, 0.15) is 6.54 Å². The number of amides is 2. The molecule has 2 amide bonds. The molecule has 0 aromatic carbocycles. The summed E-state index contributed by atoms with van der Waals surface area (Å²) in [5.41, 5.74) is 0. The first-order valence-corrected chi connectivity index (χ1v) is 5.88. The Labute approximate surface area is 96.1 Å². The molecule has 1 N–H and O–H groups in total. The van der Waals surface area contributed by atoms with E-state index in [0.29, 0.717) is 19.2 Å². The summed E-state index contributed by atoms with van der Waals surface area (Å²) in [6.45, 7) is 4.49. The van der Waals surface area contributed by atoms with Crippen molar-refractivity contribution in [2.75, 3.05) is 19.7 Å². The molecule has 0 aromatic rings. The molecule has 1 fully saturated rings. The van der Waals surface area contributed by atoms with E-state index in [0.717, 1.165) is 12.8 Å². The van der Waals surface area contributed by atoms with Crippen LogP contribution in [0.2, 0.25) is 0 Å². The maximum absolute atomic E-state index is 11.7. The highest BCUT2D eigenvalue weighted by atomic mass is 16.5. The molecule has 0 bridgehead atoms. The molecule has 0 atom stereocenters. The molecule has 1 rings (SSSR count). The molecule has 1 aliphatic rings. The van der Waals surface area contributed by atoms with Gasteiger partial charge in [-0.25, -0.2) is 4.79 Å². The van der Waals surface area contributed by atoms with Crippen molar-refractivity contribution >= 4 is 12.0 Å². The number of hydrogen-bond acceptors (Lipinski definition) is 3. The molecule has 1 aliphatic carbocycles. The third-order valence-corrected chi connectivity index (χ3v) is 2.73. The van der Waals surface area contributed by atoms with Crippen LogP contribution in [0.25, 0.3) is 0 Å². The fraction of sp³-hybridized carbons (Fsp3) is 0.818. The van der Waals surface area contributed by atoms with E-state index in [1.165, 1.54) is 11.3 Å². The van der Waals surface area contributed by atoms with E-state index in [-0.39, 0.29) is 18.5 Å². The minimum atomic E-state index is -0.354. The Balaban J connectivity index is 2.33. The van der Waals surface area contributed by atoms with Crippen LogP contribution in [0.1, 0.15) is 33.1 Å². The molecule has 16 heavy (non-hydrogen) atoms. The second-order valence-electron chi connectivity index (χ2n) is 3.90. The number of urea groups is 1. The number of hydrogen-bond donors (Lipinski definition) is 1. The number of esters is 1. The third kappa shape index (κ3) is 3.72. The summed E-state index contributed by atoms with van der Waals surface area (Å²) in [6, 6.07) is 0.129. The lowest BCUT2D eigenvalue weighted by atomic mass is 9.93. The number of nitrogens with zero attached hydrogens (tertiary/aromatic N) is 1. The molecule has 0 heterocycles. The molecule has 0 aliphatic heterocycles. The summed E-state index contributed by atoms with van der Waals surface area (Å²) in [5, 5.41) is 2.89. The number of likely N-dealkylation sites (N-methyl/N-ethyl adjacent to an activating group) is 1. The summed E-state index contributed by atoms with van der Waals surface area (Å²) in [5.74, 6) is -0.354. The lowest BCUT2D eigenvalue weighted by Crippen LogP contribution is -2.48. The number of nitrogens with one attached hydrogen (secondary N) is 1. The van der Waals surface area contributed by atoms with Crippen LogP contribution in [0.15, 0.2) is 0 Å². The van der Waals surface area contributed by atoms with Crippen LogP contribution < -0.4 is 5.32 Å². The Hall–Kier alpha value is -1.26. The molecule has 0 radical (unpaired) electrons. The predicted molar refractivity (Wildman–Crippen MR) is 60.1 cm³/mol. The fourth-order valence-corrected chi connectivity index (χ4v) is 1.51. The lowest BCUT2D eigenvalue weighted by Gasteiger charge is -2.29. The van der Waals surface area contributed by atoms with Gasteiger partial charge in [0.15, 0.2) is 0 Å². The van der Waals surface area contributed by atoms with E-state index in [4.69, 9.17) is 4.74 Å². The molecule has 92 valence electrons. The topological polar surface area (TPSA) is 58.6 Å². The monoisotopic (exact) mass is 228 g/mol. The number of rotatable bonds is 5. The lowest BCUT2D eigenvalue weighted by molar-refractivity contribution is -0.143. The zero-order valence-corrected chi connectivity index (χ0v) is 9.99. The normalized spacial score (nSPS) is 15.1. The van der Waals surface area contributed by atoms with Gasteiger partial charge in [-0.1, -0.05) is 0 Å². The first kappa shape index (κ1) is 12.8. The smallest absolute Gasteiger partial charge is 0.325 e. The Bertz CT molecular complexity index is 252. The van der Waals surface area contributed by atoms with Crippen LogP contribution in [0.5, 0.6) is 0 Å². The Kier molecular flexibility index (Phi) is 5.08. The quantitative estimate of drug-likeness (QED) is 0.718. The largest absolute Gasteiger partial charge is 0.465 e. The van der Waals surface area contributed by atoms with E-state index in [1.54, 1.807) is 6.92 Å². The van der Waals surface area contributed by atoms with Gasteiger partial charge in [0, 0.05) is 12.6 Å². The average molecular weight is 228 g/mol. The van der Waals surface area contributed by atoms with Crippen molar-refractivity contribution in [3.8, 4) is 0 Å². The molecule has 5 nitrogen and oxygen atoms in total. The molecule has 0 aromatic heterocycles. The number of carbonyl (C=O) groups excluding carboxylic acids is 2. The van der Waals surface area contributed by atoms with Gasteiger partial charge in [-0.2, -0.15) is 0 Å². The van der Waals surface area contributed by atoms with Crippen LogP contribution in [0.4, 0.5) is 4.79 Å². The fourth-order valence-electron chi connectivity index (χ4n) is 1.51. The van der Waals surface area contributed by atoms with Gasteiger partial charge in [-0.15, -0.1) is 0 Å². The van der Waals surface area contributed by atoms with Crippen LogP contribution >= 0.6 is 0 Å². The first-order valence-electron chi connectivity index (χ1n) is 5.88. The predicted octanol–water partition coefficient (Wildman–Crippen LogP) is 1.13. The van der Waals surface area contributed by atoms with E-state index in [2.05, 4.69) is 5.32 Å². The van der Waals surface area contributed by atoms with Crippen molar-refractivity contribution in [2.24, 2.45) is 0 Å². The third-order valence-electron chi connectivity index (χ3n) is 2.73. The van der Waals surface area contributed by atoms with E-state index in [9.17, 15) is 9.59 Å². The summed E-state index contributed by atoms with van der Waals surface area (Å²) in [4.78, 5) is 24.4. The second kappa shape index (κ2) is 6.35. The van der Waals surface area contributed by atoms with Gasteiger partial charge in [0.05, 0.1) is 6.61 Å². The summed E-state index contributed by atoms with van der Waals surface area (Å²) in [7, 11) is 0. The van der Waals surface area contributed by atoms with E-state index >= 15 is 0 Å². The zero-order valence-electron chi connectivity index (χ0n) is 9.99. The van der Waals surface area contributed by atoms with E-state index in [1.807, 2.05) is 6.92 Å². The first-order chi connectivity index (χ1) is 7.67. The summed E-state index contributed by atoms with van der Waals surface area (Å²) < 4.78 is 4.81. The Morgan fingerprint density at radius 1 is 1.38 bits per heavy atom. The highest BCUT2D eigenvalue weighted by Gasteiger charge is 2.23. The molecular formula is C11H20N2O3. The maximum Gasteiger partial charge on any atom is 0.325 e. The van der Waals surface area contributed by atoms with Crippen molar-refractivity contribution in [3.05, 3.63) is 0 Å². The average Bonchev–Trinajstić information content (AvgIpc) is 2.20. The Morgan fingerprint density at radius 2 is 2.06 bits per heavy atom. The molecule has 0 spiro atoms. The minimum Gasteiger partial charge on any atom is -0.465 e. The minimum absolute atomic E-state index is 0.0306. The SMILES string of the molecule is CCOC(=O)CN(CC)C(=O)NC1CCC1. The van der Waals surface area contributed by atoms with Crippen LogP contribution in [0.3, 0.4) is 0 Å². The van der Waals surface area contributed by atoms with Gasteiger partial charge in [-0.05, 0) is 33.1 Å². The van der Waals surface area contributed by atoms with Crippen molar-refractivity contribution in [3.63, 3.8) is 0 Å². The van der Waals surface area contributed by atoms with Crippen molar-refractivity contribution in [2.45, 2.75) is 39.2 Å². The molecule has 0 saturated heterocycles. The second-order valence-corrected chi connectivity index (χ2v) is 3.90. The molecule has 1 saturated carbocycles.